The largest absolute Gasteiger partial charge is 0.480 e. The third-order valence-corrected chi connectivity index (χ3v) is 4.15. The van der Waals surface area contributed by atoms with Crippen LogP contribution in [0.2, 0.25) is 0 Å². The highest BCUT2D eigenvalue weighted by Gasteiger charge is 2.35. The Kier molecular flexibility index (Phi) is 5.36. The monoisotopic (exact) mass is 318 g/mol. The summed E-state index contributed by atoms with van der Waals surface area (Å²) < 4.78 is 0. The molecule has 0 aliphatic carbocycles. The van der Waals surface area contributed by atoms with Crippen molar-refractivity contribution < 1.29 is 19.5 Å². The molecule has 2 amide bonds. The van der Waals surface area contributed by atoms with Crippen molar-refractivity contribution in [1.82, 2.24) is 10.2 Å². The number of likely N-dealkylation sites (tertiary alicyclic amines) is 1. The summed E-state index contributed by atoms with van der Waals surface area (Å²) in [6.07, 6.45) is 1.30. The molecule has 0 radical (unpaired) electrons. The fourth-order valence-electron chi connectivity index (χ4n) is 2.78. The zero-order valence-corrected chi connectivity index (χ0v) is 13.4. The van der Waals surface area contributed by atoms with E-state index in [9.17, 15) is 19.5 Å². The molecule has 1 aromatic rings. The summed E-state index contributed by atoms with van der Waals surface area (Å²) in [6, 6.07) is 6.13. The molecule has 0 bridgehead atoms. The van der Waals surface area contributed by atoms with Crippen LogP contribution in [0.4, 0.5) is 0 Å². The maximum absolute atomic E-state index is 12.6. The molecule has 0 saturated carbocycles. The average molecular weight is 318 g/mol. The van der Waals surface area contributed by atoms with Gasteiger partial charge in [-0.2, -0.15) is 0 Å². The Labute approximate surface area is 135 Å². The predicted molar refractivity (Wildman–Crippen MR) is 84.8 cm³/mol. The van der Waals surface area contributed by atoms with Crippen LogP contribution in [-0.2, 0) is 16.1 Å². The van der Waals surface area contributed by atoms with Gasteiger partial charge in [0, 0.05) is 25.6 Å². The Morgan fingerprint density at radius 3 is 2.48 bits per heavy atom. The zero-order valence-electron chi connectivity index (χ0n) is 13.4. The highest BCUT2D eigenvalue weighted by Crippen LogP contribution is 2.24. The Hall–Kier alpha value is -2.37. The maximum atomic E-state index is 12.6. The van der Waals surface area contributed by atoms with Gasteiger partial charge in [-0.1, -0.05) is 19.1 Å². The summed E-state index contributed by atoms with van der Waals surface area (Å²) in [5.41, 5.74) is 1.36. The number of piperidine rings is 1. The molecule has 23 heavy (non-hydrogen) atoms. The van der Waals surface area contributed by atoms with Gasteiger partial charge < -0.3 is 15.3 Å². The summed E-state index contributed by atoms with van der Waals surface area (Å²) in [7, 11) is 0. The Bertz CT molecular complexity index is 597. The second kappa shape index (κ2) is 7.26. The van der Waals surface area contributed by atoms with E-state index in [-0.39, 0.29) is 11.8 Å². The Morgan fingerprint density at radius 1 is 1.26 bits per heavy atom. The first-order valence-electron chi connectivity index (χ1n) is 7.75. The van der Waals surface area contributed by atoms with Gasteiger partial charge in [0.05, 0.1) is 0 Å². The average Bonchev–Trinajstić information content (AvgIpc) is 2.52. The number of carbonyl (C=O) groups is 3. The Morgan fingerprint density at radius 2 is 1.91 bits per heavy atom. The van der Waals surface area contributed by atoms with Gasteiger partial charge in [-0.25, -0.2) is 4.79 Å². The van der Waals surface area contributed by atoms with Crippen molar-refractivity contribution >= 4 is 17.8 Å². The van der Waals surface area contributed by atoms with Crippen LogP contribution < -0.4 is 5.32 Å². The summed E-state index contributed by atoms with van der Waals surface area (Å²) in [5.74, 6) is -1.01. The molecule has 6 nitrogen and oxygen atoms in total. The van der Waals surface area contributed by atoms with E-state index in [0.29, 0.717) is 31.0 Å². The molecule has 1 aromatic carbocycles. The van der Waals surface area contributed by atoms with Crippen LogP contribution in [-0.4, -0.2) is 40.4 Å². The molecule has 1 fully saturated rings. The van der Waals surface area contributed by atoms with Gasteiger partial charge in [0.25, 0.3) is 5.91 Å². The first-order valence-corrected chi connectivity index (χ1v) is 7.75. The van der Waals surface area contributed by atoms with Gasteiger partial charge in [-0.05, 0) is 36.5 Å². The van der Waals surface area contributed by atoms with Crippen molar-refractivity contribution in [1.29, 1.82) is 0 Å². The van der Waals surface area contributed by atoms with E-state index in [1.807, 2.05) is 6.92 Å². The molecule has 0 spiro atoms. The van der Waals surface area contributed by atoms with E-state index in [1.165, 1.54) is 11.8 Å². The molecule has 1 heterocycles. The molecule has 2 N–H and O–H groups in total. The molecule has 124 valence electrons. The van der Waals surface area contributed by atoms with E-state index >= 15 is 0 Å². The second-order valence-electron chi connectivity index (χ2n) is 6.09. The molecule has 2 rings (SSSR count). The molecular weight excluding hydrogens is 296 g/mol. The van der Waals surface area contributed by atoms with E-state index in [4.69, 9.17) is 0 Å². The molecule has 6 heteroatoms. The van der Waals surface area contributed by atoms with Gasteiger partial charge in [0.2, 0.25) is 5.91 Å². The van der Waals surface area contributed by atoms with Crippen molar-refractivity contribution in [3.63, 3.8) is 0 Å². The number of nitrogens with one attached hydrogen (secondary N) is 1. The lowest BCUT2D eigenvalue weighted by atomic mass is 9.92. The molecular formula is C17H22N2O4. The highest BCUT2D eigenvalue weighted by atomic mass is 16.4. The van der Waals surface area contributed by atoms with Crippen LogP contribution in [0.15, 0.2) is 24.3 Å². The van der Waals surface area contributed by atoms with E-state index < -0.39 is 12.0 Å². The number of aliphatic carboxylic acids is 1. The smallest absolute Gasteiger partial charge is 0.326 e. The summed E-state index contributed by atoms with van der Waals surface area (Å²) in [6.45, 7) is 4.32. The zero-order chi connectivity index (χ0) is 17.0. The molecule has 2 atom stereocenters. The topological polar surface area (TPSA) is 86.7 Å². The molecule has 1 aliphatic rings. The van der Waals surface area contributed by atoms with Gasteiger partial charge in [-0.15, -0.1) is 0 Å². The van der Waals surface area contributed by atoms with Crippen molar-refractivity contribution in [2.45, 2.75) is 39.3 Å². The third-order valence-electron chi connectivity index (χ3n) is 4.15. The number of carbonyl (C=O) groups excluding carboxylic acids is 2. The second-order valence-corrected chi connectivity index (χ2v) is 6.09. The van der Waals surface area contributed by atoms with Crippen molar-refractivity contribution in [3.05, 3.63) is 35.4 Å². The number of amides is 2. The number of benzene rings is 1. The normalized spacial score (nSPS) is 20.9. The highest BCUT2D eigenvalue weighted by molar-refractivity contribution is 5.96. The molecule has 1 saturated heterocycles. The molecule has 2 unspecified atom stereocenters. The van der Waals surface area contributed by atoms with Crippen molar-refractivity contribution in [2.24, 2.45) is 5.92 Å². The quantitative estimate of drug-likeness (QED) is 0.884. The Balaban J connectivity index is 2.09. The number of hydrogen-bond acceptors (Lipinski definition) is 3. The van der Waals surface area contributed by atoms with Gasteiger partial charge in [0.15, 0.2) is 0 Å². The summed E-state index contributed by atoms with van der Waals surface area (Å²) in [4.78, 5) is 36.4. The fraction of sp³-hybridized carbons (Fsp3) is 0.471. The fourth-order valence-corrected chi connectivity index (χ4v) is 2.78. The minimum atomic E-state index is -0.952. The minimum absolute atomic E-state index is 0.114. The summed E-state index contributed by atoms with van der Waals surface area (Å²) in [5, 5.41) is 12.0. The van der Waals surface area contributed by atoms with Gasteiger partial charge >= 0.3 is 5.97 Å². The van der Waals surface area contributed by atoms with Gasteiger partial charge in [-0.3, -0.25) is 9.59 Å². The lowest BCUT2D eigenvalue weighted by Crippen LogP contribution is -2.49. The van der Waals surface area contributed by atoms with Gasteiger partial charge in [0.1, 0.15) is 6.04 Å². The van der Waals surface area contributed by atoms with Crippen LogP contribution in [0, 0.1) is 5.92 Å². The first kappa shape index (κ1) is 17.0. The summed E-state index contributed by atoms with van der Waals surface area (Å²) >= 11 is 0. The number of carboxylic acids is 1. The first-order chi connectivity index (χ1) is 10.9. The lowest BCUT2D eigenvalue weighted by molar-refractivity contribution is -0.144. The van der Waals surface area contributed by atoms with Crippen LogP contribution in [0.3, 0.4) is 0 Å². The van der Waals surface area contributed by atoms with Crippen LogP contribution >= 0.6 is 0 Å². The van der Waals surface area contributed by atoms with Crippen molar-refractivity contribution in [3.8, 4) is 0 Å². The predicted octanol–water partition coefficient (Wildman–Crippen LogP) is 1.65. The van der Waals surface area contributed by atoms with Crippen molar-refractivity contribution in [2.75, 3.05) is 6.54 Å². The molecule has 0 aromatic heterocycles. The standard InChI is InChI=1S/C17H22N2O4/c1-11-7-8-19(15(9-11)17(22)23)16(21)14-5-3-13(4-6-14)10-18-12(2)20/h3-6,11,15H,7-10H2,1-2H3,(H,18,20)(H,22,23). The van der Waals surface area contributed by atoms with E-state index in [1.54, 1.807) is 24.3 Å². The van der Waals surface area contributed by atoms with Crippen LogP contribution in [0.25, 0.3) is 0 Å². The van der Waals surface area contributed by atoms with Crippen LogP contribution in [0.5, 0.6) is 0 Å². The van der Waals surface area contributed by atoms with Crippen LogP contribution in [0.1, 0.15) is 42.6 Å². The number of hydrogen-bond donors (Lipinski definition) is 2. The minimum Gasteiger partial charge on any atom is -0.480 e. The number of rotatable bonds is 4. The maximum Gasteiger partial charge on any atom is 0.326 e. The molecule has 1 aliphatic heterocycles. The number of carboxylic acid groups (broad SMARTS) is 1. The third kappa shape index (κ3) is 4.31. The van der Waals surface area contributed by atoms with E-state index in [0.717, 1.165) is 12.0 Å². The SMILES string of the molecule is CC(=O)NCc1ccc(C(=O)N2CCC(C)CC2C(=O)O)cc1. The number of nitrogens with zero attached hydrogens (tertiary/aromatic N) is 1. The van der Waals surface area contributed by atoms with E-state index in [2.05, 4.69) is 5.32 Å². The lowest BCUT2D eigenvalue weighted by Gasteiger charge is -2.36.